The molecule has 4 rings (SSSR count). The number of rotatable bonds is 7. The maximum Gasteiger partial charge on any atom is 0.261 e. The minimum absolute atomic E-state index is 0.196. The third-order valence-corrected chi connectivity index (χ3v) is 5.63. The Morgan fingerprint density at radius 2 is 1.30 bits per heavy atom. The summed E-state index contributed by atoms with van der Waals surface area (Å²) in [7, 11) is 0. The highest BCUT2D eigenvalue weighted by molar-refractivity contribution is 6.21. The lowest BCUT2D eigenvalue weighted by Gasteiger charge is -2.16. The minimum atomic E-state index is -0.196. The van der Waals surface area contributed by atoms with Gasteiger partial charge >= 0.3 is 0 Å². The van der Waals surface area contributed by atoms with Gasteiger partial charge in [-0.1, -0.05) is 48.5 Å². The van der Waals surface area contributed by atoms with E-state index in [2.05, 4.69) is 38.1 Å². The number of carbonyl (C=O) groups excluding carboxylic acids is 2. The molecular weight excluding hydrogens is 374 g/mol. The fourth-order valence-corrected chi connectivity index (χ4v) is 3.93. The number of benzene rings is 3. The zero-order valence-corrected chi connectivity index (χ0v) is 17.4. The van der Waals surface area contributed by atoms with Crippen LogP contribution in [0.2, 0.25) is 0 Å². The molecule has 1 aliphatic rings. The van der Waals surface area contributed by atoms with Crippen LogP contribution in [0.25, 0.3) is 11.1 Å². The van der Waals surface area contributed by atoms with Gasteiger partial charge in [0.05, 0.1) is 17.7 Å². The van der Waals surface area contributed by atoms with Crippen LogP contribution in [0.15, 0.2) is 66.7 Å². The second-order valence-electron chi connectivity index (χ2n) is 7.61. The average Bonchev–Trinajstić information content (AvgIpc) is 3.00. The standard InChI is InChI=1S/C26H25NO3/c1-18-10-3-4-11-20(18)21-14-9-15-24(19(21)2)30-17-8-7-16-27-25(28)22-12-5-6-13-23(22)26(27)29/h3-6,9-15H,7-8,16-17H2,1-2H3. The highest BCUT2D eigenvalue weighted by Crippen LogP contribution is 2.32. The molecule has 4 heteroatoms. The van der Waals surface area contributed by atoms with Crippen LogP contribution in [0.3, 0.4) is 0 Å². The SMILES string of the molecule is Cc1ccccc1-c1cccc(OCCCCN2C(=O)c3ccccc3C2=O)c1C. The lowest BCUT2D eigenvalue weighted by molar-refractivity contribution is 0.0649. The number of carbonyl (C=O) groups is 2. The van der Waals surface area contributed by atoms with Crippen molar-refractivity contribution in [2.45, 2.75) is 26.7 Å². The number of hydrogen-bond donors (Lipinski definition) is 0. The van der Waals surface area contributed by atoms with E-state index in [0.29, 0.717) is 30.7 Å². The summed E-state index contributed by atoms with van der Waals surface area (Å²) in [6.07, 6.45) is 1.48. The highest BCUT2D eigenvalue weighted by Gasteiger charge is 2.34. The maximum absolute atomic E-state index is 12.4. The van der Waals surface area contributed by atoms with Crippen molar-refractivity contribution in [2.75, 3.05) is 13.2 Å². The summed E-state index contributed by atoms with van der Waals surface area (Å²) < 4.78 is 6.03. The number of ether oxygens (including phenoxy) is 1. The Morgan fingerprint density at radius 3 is 1.97 bits per heavy atom. The quantitative estimate of drug-likeness (QED) is 0.393. The summed E-state index contributed by atoms with van der Waals surface area (Å²) in [5.41, 5.74) is 5.75. The molecular formula is C26H25NO3. The van der Waals surface area contributed by atoms with E-state index in [1.54, 1.807) is 24.3 Å². The number of imide groups is 1. The van der Waals surface area contributed by atoms with Gasteiger partial charge in [-0.05, 0) is 67.1 Å². The number of nitrogens with zero attached hydrogens (tertiary/aromatic N) is 1. The van der Waals surface area contributed by atoms with Crippen molar-refractivity contribution in [1.82, 2.24) is 4.90 Å². The topological polar surface area (TPSA) is 46.6 Å². The van der Waals surface area contributed by atoms with Crippen molar-refractivity contribution in [3.05, 3.63) is 89.0 Å². The Morgan fingerprint density at radius 1 is 0.700 bits per heavy atom. The molecule has 2 amide bonds. The number of hydrogen-bond acceptors (Lipinski definition) is 3. The van der Waals surface area contributed by atoms with E-state index in [1.807, 2.05) is 18.2 Å². The molecule has 3 aromatic rings. The van der Waals surface area contributed by atoms with E-state index < -0.39 is 0 Å². The normalized spacial score (nSPS) is 12.9. The van der Waals surface area contributed by atoms with E-state index >= 15 is 0 Å². The van der Waals surface area contributed by atoms with Crippen molar-refractivity contribution in [1.29, 1.82) is 0 Å². The molecule has 0 radical (unpaired) electrons. The van der Waals surface area contributed by atoms with Crippen molar-refractivity contribution in [2.24, 2.45) is 0 Å². The Labute approximate surface area is 177 Å². The molecule has 0 saturated heterocycles. The first kappa shape index (κ1) is 19.9. The molecule has 0 unspecified atom stereocenters. The molecule has 30 heavy (non-hydrogen) atoms. The minimum Gasteiger partial charge on any atom is -0.493 e. The number of amides is 2. The van der Waals surface area contributed by atoms with Crippen LogP contribution in [-0.4, -0.2) is 29.9 Å². The Kier molecular flexibility index (Phi) is 5.66. The molecule has 0 atom stereocenters. The van der Waals surface area contributed by atoms with Crippen LogP contribution in [0, 0.1) is 13.8 Å². The van der Waals surface area contributed by atoms with Gasteiger partial charge in [-0.3, -0.25) is 14.5 Å². The number of unbranched alkanes of at least 4 members (excludes halogenated alkanes) is 1. The number of aryl methyl sites for hydroxylation is 1. The van der Waals surface area contributed by atoms with Crippen molar-refractivity contribution in [3.63, 3.8) is 0 Å². The largest absolute Gasteiger partial charge is 0.493 e. The molecule has 0 fully saturated rings. The molecule has 0 spiro atoms. The summed E-state index contributed by atoms with van der Waals surface area (Å²) in [5, 5.41) is 0. The van der Waals surface area contributed by atoms with Gasteiger partial charge in [-0.25, -0.2) is 0 Å². The van der Waals surface area contributed by atoms with Crippen molar-refractivity contribution in [3.8, 4) is 16.9 Å². The van der Waals surface area contributed by atoms with E-state index in [9.17, 15) is 9.59 Å². The first-order valence-electron chi connectivity index (χ1n) is 10.3. The van der Waals surface area contributed by atoms with E-state index in [0.717, 1.165) is 17.7 Å². The van der Waals surface area contributed by atoms with Gasteiger partial charge in [0.2, 0.25) is 0 Å². The van der Waals surface area contributed by atoms with Crippen LogP contribution < -0.4 is 4.74 Å². The van der Waals surface area contributed by atoms with Gasteiger partial charge in [0.15, 0.2) is 0 Å². The fraction of sp³-hybridized carbons (Fsp3) is 0.231. The number of fused-ring (bicyclic) bond motifs is 1. The molecule has 0 aromatic heterocycles. The summed E-state index contributed by atoms with van der Waals surface area (Å²) in [4.78, 5) is 26.2. The first-order valence-corrected chi connectivity index (χ1v) is 10.3. The predicted molar refractivity (Wildman–Crippen MR) is 118 cm³/mol. The molecule has 0 saturated carbocycles. The lowest BCUT2D eigenvalue weighted by atomic mass is 9.96. The van der Waals surface area contributed by atoms with Crippen LogP contribution in [0.1, 0.15) is 44.7 Å². The van der Waals surface area contributed by atoms with Gasteiger partial charge in [0.25, 0.3) is 11.8 Å². The molecule has 0 bridgehead atoms. The van der Waals surface area contributed by atoms with Crippen LogP contribution in [-0.2, 0) is 0 Å². The Hall–Kier alpha value is -3.40. The fourth-order valence-electron chi connectivity index (χ4n) is 3.93. The second kappa shape index (κ2) is 8.54. The lowest BCUT2D eigenvalue weighted by Crippen LogP contribution is -2.30. The molecule has 1 heterocycles. The average molecular weight is 399 g/mol. The van der Waals surface area contributed by atoms with E-state index in [-0.39, 0.29) is 11.8 Å². The van der Waals surface area contributed by atoms with Crippen LogP contribution in [0.5, 0.6) is 5.75 Å². The van der Waals surface area contributed by atoms with Gasteiger partial charge in [-0.15, -0.1) is 0 Å². The van der Waals surface area contributed by atoms with Gasteiger partial charge in [0, 0.05) is 6.54 Å². The molecule has 1 aliphatic heterocycles. The Bertz CT molecular complexity index is 1070. The molecule has 0 aliphatic carbocycles. The summed E-state index contributed by atoms with van der Waals surface area (Å²) in [6, 6.07) is 21.5. The molecule has 3 aromatic carbocycles. The zero-order valence-electron chi connectivity index (χ0n) is 17.4. The van der Waals surface area contributed by atoms with E-state index in [1.165, 1.54) is 21.6 Å². The van der Waals surface area contributed by atoms with E-state index in [4.69, 9.17) is 4.74 Å². The third kappa shape index (κ3) is 3.73. The van der Waals surface area contributed by atoms with Crippen LogP contribution >= 0.6 is 0 Å². The first-order chi connectivity index (χ1) is 14.6. The summed E-state index contributed by atoms with van der Waals surface area (Å²) >= 11 is 0. The van der Waals surface area contributed by atoms with Crippen molar-refractivity contribution >= 4 is 11.8 Å². The van der Waals surface area contributed by atoms with Gasteiger partial charge in [-0.2, -0.15) is 0 Å². The highest BCUT2D eigenvalue weighted by atomic mass is 16.5. The third-order valence-electron chi connectivity index (χ3n) is 5.63. The van der Waals surface area contributed by atoms with Crippen molar-refractivity contribution < 1.29 is 14.3 Å². The zero-order chi connectivity index (χ0) is 21.1. The van der Waals surface area contributed by atoms with Gasteiger partial charge < -0.3 is 4.74 Å². The predicted octanol–water partition coefficient (Wildman–Crippen LogP) is 5.43. The monoisotopic (exact) mass is 399 g/mol. The second-order valence-corrected chi connectivity index (χ2v) is 7.61. The molecule has 152 valence electrons. The summed E-state index contributed by atoms with van der Waals surface area (Å²) in [5.74, 6) is 0.480. The molecule has 4 nitrogen and oxygen atoms in total. The van der Waals surface area contributed by atoms with Gasteiger partial charge in [0.1, 0.15) is 5.75 Å². The maximum atomic E-state index is 12.4. The van der Waals surface area contributed by atoms with Crippen LogP contribution in [0.4, 0.5) is 0 Å². The smallest absolute Gasteiger partial charge is 0.261 e. The molecule has 0 N–H and O–H groups in total. The summed E-state index contributed by atoms with van der Waals surface area (Å²) in [6.45, 7) is 5.15. The Balaban J connectivity index is 1.33.